The molecule has 0 aromatic heterocycles. The van der Waals surface area contributed by atoms with Gasteiger partial charge in [0.15, 0.2) is 9.84 Å². The van der Waals surface area contributed by atoms with E-state index in [1.54, 1.807) is 24.3 Å². The van der Waals surface area contributed by atoms with Crippen LogP contribution in [0.1, 0.15) is 13.8 Å². The number of methoxy groups -OCH3 is 1. The third-order valence-electron chi connectivity index (χ3n) is 3.57. The first-order chi connectivity index (χ1) is 9.90. The van der Waals surface area contributed by atoms with Crippen molar-refractivity contribution in [2.75, 3.05) is 32.5 Å². The minimum absolute atomic E-state index is 0.111. The second kappa shape index (κ2) is 6.77. The van der Waals surface area contributed by atoms with Crippen molar-refractivity contribution in [2.24, 2.45) is 0 Å². The fourth-order valence-corrected chi connectivity index (χ4v) is 3.94. The molecule has 118 valence electrons. The third-order valence-corrected chi connectivity index (χ3v) is 5.26. The number of ether oxygens (including phenoxy) is 2. The lowest BCUT2D eigenvalue weighted by Crippen LogP contribution is -2.46. The smallest absolute Gasteiger partial charge is 0.179 e. The van der Waals surface area contributed by atoms with Crippen LogP contribution in [0.15, 0.2) is 29.2 Å². The van der Waals surface area contributed by atoms with Gasteiger partial charge in [0, 0.05) is 19.6 Å². The third kappa shape index (κ3) is 4.43. The van der Waals surface area contributed by atoms with Gasteiger partial charge in [0.1, 0.15) is 5.75 Å². The number of sulfone groups is 1. The Kier molecular flexibility index (Phi) is 5.24. The minimum atomic E-state index is -3.29. The van der Waals surface area contributed by atoms with Crippen LogP contribution < -0.4 is 4.74 Å². The summed E-state index contributed by atoms with van der Waals surface area (Å²) in [5, 5.41) is 0. The molecule has 1 aromatic rings. The Bertz CT molecular complexity index is 563. The van der Waals surface area contributed by atoms with E-state index in [0.717, 1.165) is 13.1 Å². The van der Waals surface area contributed by atoms with Crippen molar-refractivity contribution in [1.82, 2.24) is 4.90 Å². The van der Waals surface area contributed by atoms with Gasteiger partial charge in [-0.05, 0) is 32.0 Å². The van der Waals surface area contributed by atoms with Gasteiger partial charge in [-0.25, -0.2) is 8.42 Å². The normalized spacial score (nSPS) is 24.0. The summed E-state index contributed by atoms with van der Waals surface area (Å²) in [6, 6.07) is 6.62. The molecule has 1 heterocycles. The molecule has 0 N–H and O–H groups in total. The molecule has 0 unspecified atom stereocenters. The Morgan fingerprint density at radius 3 is 2.57 bits per heavy atom. The van der Waals surface area contributed by atoms with E-state index in [4.69, 9.17) is 9.47 Å². The Morgan fingerprint density at radius 1 is 1.29 bits per heavy atom. The highest BCUT2D eigenvalue weighted by molar-refractivity contribution is 7.91. The Morgan fingerprint density at radius 2 is 1.95 bits per heavy atom. The molecule has 2 rings (SSSR count). The van der Waals surface area contributed by atoms with Crippen molar-refractivity contribution in [3.8, 4) is 5.75 Å². The quantitative estimate of drug-likeness (QED) is 0.826. The molecule has 1 saturated heterocycles. The summed E-state index contributed by atoms with van der Waals surface area (Å²) in [7, 11) is -1.76. The SMILES string of the molecule is COc1cccc(S(=O)(=O)CCN2C[C@@H](C)O[C@H](C)C2)c1. The van der Waals surface area contributed by atoms with Gasteiger partial charge in [-0.15, -0.1) is 0 Å². The molecule has 1 aromatic carbocycles. The zero-order chi connectivity index (χ0) is 15.5. The van der Waals surface area contributed by atoms with Crippen LogP contribution >= 0.6 is 0 Å². The molecule has 0 aliphatic carbocycles. The average molecular weight is 313 g/mol. The van der Waals surface area contributed by atoms with Gasteiger partial charge in [0.25, 0.3) is 0 Å². The zero-order valence-electron chi connectivity index (χ0n) is 12.8. The molecule has 0 amide bonds. The molecular formula is C15H23NO4S. The lowest BCUT2D eigenvalue weighted by molar-refractivity contribution is -0.0662. The van der Waals surface area contributed by atoms with Crippen LogP contribution in [0.25, 0.3) is 0 Å². The molecule has 1 fully saturated rings. The molecule has 0 spiro atoms. The molecule has 0 bridgehead atoms. The van der Waals surface area contributed by atoms with E-state index in [2.05, 4.69) is 4.90 Å². The first-order valence-corrected chi connectivity index (χ1v) is 8.80. The molecule has 2 atom stereocenters. The molecule has 0 saturated carbocycles. The van der Waals surface area contributed by atoms with E-state index in [9.17, 15) is 8.42 Å². The molecule has 1 aliphatic heterocycles. The maximum Gasteiger partial charge on any atom is 0.179 e. The van der Waals surface area contributed by atoms with Crippen LogP contribution in [0, 0.1) is 0 Å². The highest BCUT2D eigenvalue weighted by Crippen LogP contribution is 2.19. The van der Waals surface area contributed by atoms with E-state index < -0.39 is 9.84 Å². The summed E-state index contributed by atoms with van der Waals surface area (Å²) in [6.45, 7) is 6.10. The van der Waals surface area contributed by atoms with Gasteiger partial charge < -0.3 is 9.47 Å². The lowest BCUT2D eigenvalue weighted by atomic mass is 10.2. The van der Waals surface area contributed by atoms with Gasteiger partial charge in [0.2, 0.25) is 0 Å². The van der Waals surface area contributed by atoms with Gasteiger partial charge in [-0.3, -0.25) is 4.90 Å². The van der Waals surface area contributed by atoms with E-state index in [0.29, 0.717) is 17.2 Å². The predicted octanol–water partition coefficient (Wildman–Crippen LogP) is 1.58. The summed E-state index contributed by atoms with van der Waals surface area (Å²) in [4.78, 5) is 2.47. The minimum Gasteiger partial charge on any atom is -0.497 e. The molecule has 1 aliphatic rings. The van der Waals surface area contributed by atoms with Crippen molar-refractivity contribution >= 4 is 9.84 Å². The van der Waals surface area contributed by atoms with Crippen molar-refractivity contribution < 1.29 is 17.9 Å². The van der Waals surface area contributed by atoms with Crippen LogP contribution in [0.5, 0.6) is 5.75 Å². The first kappa shape index (κ1) is 16.3. The lowest BCUT2D eigenvalue weighted by Gasteiger charge is -2.35. The number of nitrogens with zero attached hydrogens (tertiary/aromatic N) is 1. The number of hydrogen-bond donors (Lipinski definition) is 0. The molecule has 0 radical (unpaired) electrons. The predicted molar refractivity (Wildman–Crippen MR) is 81.5 cm³/mol. The standard InChI is InChI=1S/C15H23NO4S/c1-12-10-16(11-13(2)20-12)7-8-21(17,18)15-6-4-5-14(9-15)19-3/h4-6,9,12-13H,7-8,10-11H2,1-3H3/t12-,13-/m1/s1. The maximum atomic E-state index is 12.4. The van der Waals surface area contributed by atoms with E-state index in [-0.39, 0.29) is 18.0 Å². The largest absolute Gasteiger partial charge is 0.497 e. The monoisotopic (exact) mass is 313 g/mol. The maximum absolute atomic E-state index is 12.4. The molecule has 21 heavy (non-hydrogen) atoms. The number of benzene rings is 1. The highest BCUT2D eigenvalue weighted by atomic mass is 32.2. The van der Waals surface area contributed by atoms with E-state index in [1.165, 1.54) is 7.11 Å². The van der Waals surface area contributed by atoms with Crippen LogP contribution in [0.2, 0.25) is 0 Å². The summed E-state index contributed by atoms with van der Waals surface area (Å²) in [5.74, 6) is 0.671. The summed E-state index contributed by atoms with van der Waals surface area (Å²) < 4.78 is 35.5. The number of hydrogen-bond acceptors (Lipinski definition) is 5. The topological polar surface area (TPSA) is 55.8 Å². The van der Waals surface area contributed by atoms with Crippen molar-refractivity contribution in [3.63, 3.8) is 0 Å². The molecule has 5 nitrogen and oxygen atoms in total. The van der Waals surface area contributed by atoms with Crippen molar-refractivity contribution in [1.29, 1.82) is 0 Å². The summed E-state index contributed by atoms with van der Waals surface area (Å²) >= 11 is 0. The Labute approximate surface area is 126 Å². The first-order valence-electron chi connectivity index (χ1n) is 7.15. The molecule has 6 heteroatoms. The fraction of sp³-hybridized carbons (Fsp3) is 0.600. The second-order valence-electron chi connectivity index (χ2n) is 5.51. The Hall–Kier alpha value is -1.11. The van der Waals surface area contributed by atoms with Crippen LogP contribution in [-0.2, 0) is 14.6 Å². The van der Waals surface area contributed by atoms with Crippen molar-refractivity contribution in [2.45, 2.75) is 31.0 Å². The van der Waals surface area contributed by atoms with Crippen LogP contribution in [0.4, 0.5) is 0 Å². The summed E-state index contributed by atoms with van der Waals surface area (Å²) in [6.07, 6.45) is 0.293. The van der Waals surface area contributed by atoms with E-state index >= 15 is 0 Å². The average Bonchev–Trinajstić information content (AvgIpc) is 2.44. The van der Waals surface area contributed by atoms with Crippen LogP contribution in [0.3, 0.4) is 0 Å². The molecular weight excluding hydrogens is 290 g/mol. The van der Waals surface area contributed by atoms with Crippen molar-refractivity contribution in [3.05, 3.63) is 24.3 Å². The van der Waals surface area contributed by atoms with Gasteiger partial charge in [-0.2, -0.15) is 0 Å². The Balaban J connectivity index is 2.00. The summed E-state index contributed by atoms with van der Waals surface area (Å²) in [5.41, 5.74) is 0. The van der Waals surface area contributed by atoms with Gasteiger partial charge >= 0.3 is 0 Å². The highest BCUT2D eigenvalue weighted by Gasteiger charge is 2.24. The fourth-order valence-electron chi connectivity index (χ4n) is 2.63. The van der Waals surface area contributed by atoms with Gasteiger partial charge in [-0.1, -0.05) is 6.07 Å². The number of morpholine rings is 1. The zero-order valence-corrected chi connectivity index (χ0v) is 13.6. The van der Waals surface area contributed by atoms with Crippen LogP contribution in [-0.4, -0.2) is 58.0 Å². The van der Waals surface area contributed by atoms with E-state index in [1.807, 2.05) is 13.8 Å². The second-order valence-corrected chi connectivity index (χ2v) is 7.62. The number of rotatable bonds is 5. The van der Waals surface area contributed by atoms with Gasteiger partial charge in [0.05, 0.1) is 30.0 Å².